The molecule has 0 aliphatic heterocycles. The van der Waals surface area contributed by atoms with Crippen molar-refractivity contribution in [2.45, 2.75) is 49.6 Å². The molecule has 0 spiro atoms. The van der Waals surface area contributed by atoms with Gasteiger partial charge in [0.1, 0.15) is 5.76 Å². The van der Waals surface area contributed by atoms with Gasteiger partial charge in [0.2, 0.25) is 0 Å². The highest BCUT2D eigenvalue weighted by Crippen LogP contribution is 2.34. The molecule has 20 heavy (non-hydrogen) atoms. The first kappa shape index (κ1) is 15.5. The molecule has 0 saturated heterocycles. The molecule has 0 bridgehead atoms. The lowest BCUT2D eigenvalue weighted by atomic mass is 10.1. The molecule has 1 N–H and O–H groups in total. The molecule has 0 atom stereocenters. The van der Waals surface area contributed by atoms with E-state index in [-0.39, 0.29) is 5.54 Å². The van der Waals surface area contributed by atoms with Gasteiger partial charge >= 0.3 is 0 Å². The third kappa shape index (κ3) is 4.30. The molecule has 0 unspecified atom stereocenters. The van der Waals surface area contributed by atoms with Gasteiger partial charge in [-0.15, -0.1) is 0 Å². The Balaban J connectivity index is 2.21. The number of aryl methyl sites for hydroxylation is 1. The highest BCUT2D eigenvalue weighted by molar-refractivity contribution is 7.99. The lowest BCUT2D eigenvalue weighted by molar-refractivity contribution is 0.422. The van der Waals surface area contributed by atoms with Crippen LogP contribution < -0.4 is 5.32 Å². The monoisotopic (exact) mass is 309 g/mol. The largest absolute Gasteiger partial charge is 0.468 e. The van der Waals surface area contributed by atoms with Crippen molar-refractivity contribution in [2.24, 2.45) is 0 Å². The highest BCUT2D eigenvalue weighted by atomic mass is 35.5. The van der Waals surface area contributed by atoms with E-state index in [4.69, 9.17) is 16.0 Å². The summed E-state index contributed by atoms with van der Waals surface area (Å²) in [6.45, 7) is 9.24. The predicted molar refractivity (Wildman–Crippen MR) is 85.6 cm³/mol. The summed E-state index contributed by atoms with van der Waals surface area (Å²) in [6, 6.07) is 8.02. The van der Waals surface area contributed by atoms with Gasteiger partial charge in [0, 0.05) is 22.0 Å². The van der Waals surface area contributed by atoms with Crippen LogP contribution in [0, 0.1) is 6.92 Å². The first-order valence-electron chi connectivity index (χ1n) is 6.60. The van der Waals surface area contributed by atoms with Crippen molar-refractivity contribution in [3.63, 3.8) is 0 Å². The number of halogens is 1. The molecular weight excluding hydrogens is 290 g/mol. The van der Waals surface area contributed by atoms with Crippen LogP contribution in [-0.2, 0) is 6.54 Å². The van der Waals surface area contributed by atoms with Gasteiger partial charge < -0.3 is 9.73 Å². The third-order valence-corrected chi connectivity index (χ3v) is 4.36. The van der Waals surface area contributed by atoms with E-state index < -0.39 is 0 Å². The summed E-state index contributed by atoms with van der Waals surface area (Å²) < 4.78 is 5.35. The number of furan rings is 1. The summed E-state index contributed by atoms with van der Waals surface area (Å²) in [4.78, 5) is 2.35. The second kappa shape index (κ2) is 6.25. The van der Waals surface area contributed by atoms with E-state index in [9.17, 15) is 0 Å². The van der Waals surface area contributed by atoms with Crippen molar-refractivity contribution in [2.75, 3.05) is 0 Å². The molecule has 2 nitrogen and oxygen atoms in total. The quantitative estimate of drug-likeness (QED) is 0.831. The van der Waals surface area contributed by atoms with Gasteiger partial charge in [-0.3, -0.25) is 0 Å². The molecule has 1 aromatic heterocycles. The van der Waals surface area contributed by atoms with Crippen molar-refractivity contribution >= 4 is 23.4 Å². The summed E-state index contributed by atoms with van der Waals surface area (Å²) in [7, 11) is 0. The number of benzene rings is 1. The molecule has 2 aromatic rings. The van der Waals surface area contributed by atoms with E-state index in [1.165, 1.54) is 10.5 Å². The van der Waals surface area contributed by atoms with E-state index in [0.29, 0.717) is 0 Å². The fourth-order valence-corrected chi connectivity index (χ4v) is 2.89. The minimum Gasteiger partial charge on any atom is -0.468 e. The van der Waals surface area contributed by atoms with Crippen molar-refractivity contribution in [3.05, 3.63) is 46.9 Å². The second-order valence-electron chi connectivity index (χ2n) is 5.80. The Morgan fingerprint density at radius 2 is 1.95 bits per heavy atom. The zero-order valence-corrected chi connectivity index (χ0v) is 13.9. The van der Waals surface area contributed by atoms with Gasteiger partial charge in [-0.05, 0) is 57.5 Å². The van der Waals surface area contributed by atoms with Crippen LogP contribution >= 0.6 is 23.4 Å². The van der Waals surface area contributed by atoms with Crippen LogP contribution in [0.3, 0.4) is 0 Å². The Bertz CT molecular complexity index is 586. The van der Waals surface area contributed by atoms with Gasteiger partial charge in [-0.2, -0.15) is 0 Å². The summed E-state index contributed by atoms with van der Waals surface area (Å²) in [5.41, 5.74) is 1.29. The molecule has 0 saturated carbocycles. The summed E-state index contributed by atoms with van der Waals surface area (Å²) in [5.74, 6) is 0.944. The lowest BCUT2D eigenvalue weighted by Crippen LogP contribution is -2.35. The molecular formula is C16H20ClNOS. The fourth-order valence-electron chi connectivity index (χ4n) is 1.74. The third-order valence-electron chi connectivity index (χ3n) is 2.86. The van der Waals surface area contributed by atoms with E-state index in [1.807, 2.05) is 25.1 Å². The van der Waals surface area contributed by atoms with Crippen molar-refractivity contribution in [1.29, 1.82) is 0 Å². The number of hydrogen-bond acceptors (Lipinski definition) is 3. The van der Waals surface area contributed by atoms with Crippen molar-refractivity contribution < 1.29 is 4.42 Å². The maximum absolute atomic E-state index is 6.12. The van der Waals surface area contributed by atoms with Gasteiger partial charge in [0.05, 0.1) is 11.2 Å². The standard InChI is InChI=1S/C16H20ClNOS/c1-11-14(7-8-19-11)20-15-6-5-13(17)9-12(15)10-18-16(2,3)4/h5-9,18H,10H2,1-4H3. The summed E-state index contributed by atoms with van der Waals surface area (Å²) >= 11 is 7.84. The van der Waals surface area contributed by atoms with Crippen molar-refractivity contribution in [3.8, 4) is 0 Å². The summed E-state index contributed by atoms with van der Waals surface area (Å²) in [6.07, 6.45) is 1.72. The van der Waals surface area contributed by atoms with Crippen LogP contribution in [0.25, 0.3) is 0 Å². The zero-order chi connectivity index (χ0) is 14.8. The Morgan fingerprint density at radius 3 is 2.55 bits per heavy atom. The average molecular weight is 310 g/mol. The Labute approximate surface area is 129 Å². The average Bonchev–Trinajstić information content (AvgIpc) is 2.74. The molecule has 4 heteroatoms. The molecule has 0 aliphatic carbocycles. The molecule has 1 heterocycles. The number of nitrogens with one attached hydrogen (secondary N) is 1. The van der Waals surface area contributed by atoms with Crippen LogP contribution in [0.5, 0.6) is 0 Å². The minimum atomic E-state index is 0.0792. The van der Waals surface area contributed by atoms with Gasteiger partial charge in [0.15, 0.2) is 0 Å². The lowest BCUT2D eigenvalue weighted by Gasteiger charge is -2.21. The number of hydrogen-bond donors (Lipinski definition) is 1. The summed E-state index contributed by atoms with van der Waals surface area (Å²) in [5, 5.41) is 4.27. The van der Waals surface area contributed by atoms with Crippen LogP contribution in [0.4, 0.5) is 0 Å². The predicted octanol–water partition coefficient (Wildman–Crippen LogP) is 5.28. The smallest absolute Gasteiger partial charge is 0.114 e. The Hall–Kier alpha value is -0.900. The molecule has 108 valence electrons. The van der Waals surface area contributed by atoms with Gasteiger partial charge in [-0.1, -0.05) is 23.4 Å². The van der Waals surface area contributed by atoms with E-state index in [0.717, 1.165) is 22.2 Å². The fraction of sp³-hybridized carbons (Fsp3) is 0.375. The maximum Gasteiger partial charge on any atom is 0.114 e. The molecule has 0 fully saturated rings. The minimum absolute atomic E-state index is 0.0792. The van der Waals surface area contributed by atoms with E-state index >= 15 is 0 Å². The Kier molecular flexibility index (Phi) is 4.84. The topological polar surface area (TPSA) is 25.2 Å². The molecule has 1 aromatic carbocycles. The van der Waals surface area contributed by atoms with Gasteiger partial charge in [0.25, 0.3) is 0 Å². The van der Waals surface area contributed by atoms with Crippen molar-refractivity contribution in [1.82, 2.24) is 5.32 Å². The van der Waals surface area contributed by atoms with Crippen LogP contribution in [0.15, 0.2) is 44.7 Å². The Morgan fingerprint density at radius 1 is 1.20 bits per heavy atom. The van der Waals surface area contributed by atoms with Crippen LogP contribution in [0.2, 0.25) is 5.02 Å². The second-order valence-corrected chi connectivity index (χ2v) is 7.32. The van der Waals surface area contributed by atoms with E-state index in [2.05, 4.69) is 32.2 Å². The molecule has 2 rings (SSSR count). The SMILES string of the molecule is Cc1occc1Sc1ccc(Cl)cc1CNC(C)(C)C. The number of rotatable bonds is 4. The normalized spacial score (nSPS) is 11.8. The van der Waals surface area contributed by atoms with Gasteiger partial charge in [-0.25, -0.2) is 0 Å². The maximum atomic E-state index is 6.12. The van der Waals surface area contributed by atoms with E-state index in [1.54, 1.807) is 18.0 Å². The highest BCUT2D eigenvalue weighted by Gasteiger charge is 2.12. The van der Waals surface area contributed by atoms with Crippen LogP contribution in [0.1, 0.15) is 32.1 Å². The molecule has 0 amide bonds. The molecule has 0 radical (unpaired) electrons. The molecule has 0 aliphatic rings. The first-order chi connectivity index (χ1) is 9.35. The zero-order valence-electron chi connectivity index (χ0n) is 12.3. The van der Waals surface area contributed by atoms with Crippen LogP contribution in [-0.4, -0.2) is 5.54 Å². The first-order valence-corrected chi connectivity index (χ1v) is 7.80.